The molecule has 7 unspecified atom stereocenters. The molecule has 3 heteroatoms. The van der Waals surface area contributed by atoms with Crippen molar-refractivity contribution in [1.29, 1.82) is 0 Å². The summed E-state index contributed by atoms with van der Waals surface area (Å²) < 4.78 is 33.6. The lowest BCUT2D eigenvalue weighted by atomic mass is 9.43. The topological polar surface area (TPSA) is 26.0 Å². The van der Waals surface area contributed by atoms with Gasteiger partial charge in [0.2, 0.25) is 0 Å². The predicted octanol–water partition coefficient (Wildman–Crippen LogP) is 9.52. The molecule has 0 bridgehead atoms. The maximum atomic E-state index is 17.6. The molecule has 2 N–H and O–H groups in total. The first kappa shape index (κ1) is 27.0. The fraction of sp³-hybridized carbons (Fsp3) is 0.611. The zero-order chi connectivity index (χ0) is 27.8. The van der Waals surface area contributed by atoms with E-state index in [-0.39, 0.29) is 22.7 Å². The highest BCUT2D eigenvalue weighted by molar-refractivity contribution is 5.48. The Hall–Kier alpha value is -2.16. The lowest BCUT2D eigenvalue weighted by molar-refractivity contribution is -0.147. The van der Waals surface area contributed by atoms with Crippen LogP contribution in [-0.2, 0) is 6.42 Å². The third kappa shape index (κ3) is 3.66. The van der Waals surface area contributed by atoms with E-state index in [1.54, 1.807) is 0 Å². The molecule has 1 aromatic rings. The van der Waals surface area contributed by atoms with Crippen molar-refractivity contribution in [2.24, 2.45) is 39.9 Å². The summed E-state index contributed by atoms with van der Waals surface area (Å²) in [5.74, 6) is 1.16. The van der Waals surface area contributed by atoms with Gasteiger partial charge in [0.05, 0.1) is 0 Å². The zero-order valence-electron chi connectivity index (χ0n) is 24.2. The molecule has 9 atom stereocenters. The normalized spacial score (nSPS) is 44.3. The van der Waals surface area contributed by atoms with Crippen molar-refractivity contribution < 1.29 is 8.78 Å². The minimum atomic E-state index is -1.42. The van der Waals surface area contributed by atoms with E-state index in [2.05, 4.69) is 32.6 Å². The SMILES string of the molecule is C=C1C=CC2(C)C(=C1)[C@@H](F)CC1C3CC4CC(CCC)CC4(C(=C)CCc4ccc(N)cc4)C3(C)CC[C@@]12F. The van der Waals surface area contributed by atoms with E-state index in [0.717, 1.165) is 36.9 Å². The van der Waals surface area contributed by atoms with E-state index in [9.17, 15) is 0 Å². The van der Waals surface area contributed by atoms with E-state index in [1.807, 2.05) is 37.3 Å². The van der Waals surface area contributed by atoms with Gasteiger partial charge in [0, 0.05) is 17.0 Å². The number of alkyl halides is 2. The van der Waals surface area contributed by atoms with Crippen LogP contribution in [0.5, 0.6) is 0 Å². The van der Waals surface area contributed by atoms with Gasteiger partial charge in [0.25, 0.3) is 0 Å². The Balaban J connectivity index is 1.36. The average Bonchev–Trinajstić information content (AvgIpc) is 3.39. The van der Waals surface area contributed by atoms with E-state index in [1.165, 1.54) is 36.8 Å². The Morgan fingerprint density at radius 1 is 1.08 bits per heavy atom. The van der Waals surface area contributed by atoms with Crippen LogP contribution in [0.3, 0.4) is 0 Å². The van der Waals surface area contributed by atoms with Crippen LogP contribution in [0.15, 0.2) is 72.4 Å². The second-order valence-corrected chi connectivity index (χ2v) is 14.3. The zero-order valence-corrected chi connectivity index (χ0v) is 24.2. The van der Waals surface area contributed by atoms with Gasteiger partial charge < -0.3 is 5.73 Å². The van der Waals surface area contributed by atoms with Gasteiger partial charge in [-0.1, -0.05) is 75.8 Å². The van der Waals surface area contributed by atoms with Gasteiger partial charge in [-0.15, -0.1) is 0 Å². The first-order chi connectivity index (χ1) is 18.5. The molecule has 0 aliphatic heterocycles. The van der Waals surface area contributed by atoms with Gasteiger partial charge in [0.15, 0.2) is 0 Å². The number of aryl methyl sites for hydroxylation is 1. The molecule has 5 aliphatic carbocycles. The quantitative estimate of drug-likeness (QED) is 0.287. The summed E-state index contributed by atoms with van der Waals surface area (Å²) in [7, 11) is 0. The number of hydrogen-bond donors (Lipinski definition) is 1. The van der Waals surface area contributed by atoms with E-state index in [0.29, 0.717) is 30.3 Å². The van der Waals surface area contributed by atoms with Gasteiger partial charge in [0.1, 0.15) is 11.8 Å². The summed E-state index contributed by atoms with van der Waals surface area (Å²) in [5, 5.41) is 0. The fourth-order valence-corrected chi connectivity index (χ4v) is 10.7. The first-order valence-electron chi connectivity index (χ1n) is 15.4. The number of benzene rings is 1. The van der Waals surface area contributed by atoms with Crippen LogP contribution >= 0.6 is 0 Å². The van der Waals surface area contributed by atoms with E-state index in [4.69, 9.17) is 12.3 Å². The van der Waals surface area contributed by atoms with Crippen LogP contribution in [0.1, 0.15) is 84.1 Å². The number of rotatable bonds is 6. The van der Waals surface area contributed by atoms with Gasteiger partial charge >= 0.3 is 0 Å². The number of allylic oxidation sites excluding steroid dienone is 6. The Morgan fingerprint density at radius 2 is 1.82 bits per heavy atom. The molecule has 0 radical (unpaired) electrons. The summed E-state index contributed by atoms with van der Waals surface area (Å²) >= 11 is 0. The summed E-state index contributed by atoms with van der Waals surface area (Å²) in [6.45, 7) is 15.6. The van der Waals surface area contributed by atoms with Crippen LogP contribution in [0.25, 0.3) is 0 Å². The molecule has 6 rings (SSSR count). The molecule has 0 heterocycles. The highest BCUT2D eigenvalue weighted by Crippen LogP contribution is 2.78. The van der Waals surface area contributed by atoms with Crippen LogP contribution in [0, 0.1) is 39.9 Å². The average molecular weight is 532 g/mol. The van der Waals surface area contributed by atoms with Gasteiger partial charge in [-0.05, 0) is 116 Å². The predicted molar refractivity (Wildman–Crippen MR) is 159 cm³/mol. The van der Waals surface area contributed by atoms with Gasteiger partial charge in [-0.2, -0.15) is 0 Å². The summed E-state index contributed by atoms with van der Waals surface area (Å²) in [5.41, 5.74) is 8.44. The van der Waals surface area contributed by atoms with Crippen LogP contribution in [0.4, 0.5) is 14.5 Å². The molecule has 39 heavy (non-hydrogen) atoms. The molecule has 5 aliphatic rings. The van der Waals surface area contributed by atoms with Crippen LogP contribution in [0.2, 0.25) is 0 Å². The maximum Gasteiger partial charge on any atom is 0.126 e. The van der Waals surface area contributed by atoms with Crippen LogP contribution in [-0.4, -0.2) is 11.8 Å². The number of anilines is 1. The molecule has 4 fully saturated rings. The maximum absolute atomic E-state index is 17.6. The van der Waals surface area contributed by atoms with Crippen molar-refractivity contribution in [2.45, 2.75) is 96.8 Å². The summed E-state index contributed by atoms with van der Waals surface area (Å²) in [6.07, 6.45) is 14.0. The smallest absolute Gasteiger partial charge is 0.126 e. The second-order valence-electron chi connectivity index (χ2n) is 14.3. The number of fused-ring (bicyclic) bond motifs is 7. The Bertz CT molecular complexity index is 1230. The Morgan fingerprint density at radius 3 is 2.54 bits per heavy atom. The third-order valence-electron chi connectivity index (χ3n) is 12.6. The van der Waals surface area contributed by atoms with Crippen LogP contribution < -0.4 is 5.73 Å². The highest BCUT2D eigenvalue weighted by Gasteiger charge is 2.74. The lowest BCUT2D eigenvalue weighted by Crippen LogP contribution is -2.62. The number of hydrogen-bond acceptors (Lipinski definition) is 1. The Kier molecular flexibility index (Phi) is 6.36. The molecule has 4 saturated carbocycles. The standard InChI is InChI=1S/C36H47F2N/c1-6-7-26-19-27-20-29-30-21-32(37)31-18-23(2)14-15-34(31,5)36(30,38)17-16-33(29,4)35(27,22-26)24(3)8-9-25-10-12-28(39)13-11-25/h10-15,18,26-27,29-30,32H,2-3,6-9,16-17,19-22,39H2,1,4-5H3/t26?,27?,29?,30?,32-,33?,34?,35?,36+/m0/s1. The summed E-state index contributed by atoms with van der Waals surface area (Å²) in [6, 6.07) is 8.22. The number of halogens is 2. The largest absolute Gasteiger partial charge is 0.399 e. The van der Waals surface area contributed by atoms with Crippen molar-refractivity contribution in [3.05, 3.63) is 77.9 Å². The van der Waals surface area contributed by atoms with Crippen molar-refractivity contribution in [3.8, 4) is 0 Å². The van der Waals surface area contributed by atoms with Gasteiger partial charge in [-0.3, -0.25) is 0 Å². The molecule has 1 nitrogen and oxygen atoms in total. The van der Waals surface area contributed by atoms with E-state index < -0.39 is 17.3 Å². The molecular formula is C36H47F2N. The minimum Gasteiger partial charge on any atom is -0.399 e. The van der Waals surface area contributed by atoms with Crippen molar-refractivity contribution in [3.63, 3.8) is 0 Å². The fourth-order valence-electron chi connectivity index (χ4n) is 10.7. The lowest BCUT2D eigenvalue weighted by Gasteiger charge is -2.63. The number of nitrogens with two attached hydrogens (primary N) is 1. The molecule has 0 saturated heterocycles. The van der Waals surface area contributed by atoms with E-state index >= 15 is 8.78 Å². The Labute approximate surface area is 234 Å². The molecule has 1 aromatic carbocycles. The summed E-state index contributed by atoms with van der Waals surface area (Å²) in [4.78, 5) is 0. The number of nitrogen functional groups attached to an aromatic ring is 1. The molecule has 0 spiro atoms. The highest BCUT2D eigenvalue weighted by atomic mass is 19.1. The third-order valence-corrected chi connectivity index (χ3v) is 12.6. The molecule has 0 amide bonds. The molecular weight excluding hydrogens is 484 g/mol. The molecule has 210 valence electrons. The minimum absolute atomic E-state index is 0.0200. The van der Waals surface area contributed by atoms with Gasteiger partial charge in [-0.25, -0.2) is 8.78 Å². The second kappa shape index (κ2) is 9.18. The monoisotopic (exact) mass is 531 g/mol. The van der Waals surface area contributed by atoms with Crippen molar-refractivity contribution >= 4 is 5.69 Å². The van der Waals surface area contributed by atoms with Crippen molar-refractivity contribution in [2.75, 3.05) is 5.73 Å². The van der Waals surface area contributed by atoms with Crippen molar-refractivity contribution in [1.82, 2.24) is 0 Å². The molecule has 0 aromatic heterocycles. The first-order valence-corrected chi connectivity index (χ1v) is 15.4.